The molecule has 8 heteroatoms. The molecule has 0 aliphatic heterocycles. The molecule has 0 radical (unpaired) electrons. The van der Waals surface area contributed by atoms with Crippen LogP contribution in [0, 0.1) is 0 Å². The highest BCUT2D eigenvalue weighted by Gasteiger charge is 2.19. The summed E-state index contributed by atoms with van der Waals surface area (Å²) in [5.74, 6) is 2.72. The monoisotopic (exact) mass is 435 g/mol. The number of hydrogen-bond acceptors (Lipinski definition) is 7. The molecular weight excluding hydrogens is 414 g/mol. The molecule has 0 bridgehead atoms. The molecule has 4 aromatic rings. The van der Waals surface area contributed by atoms with Crippen LogP contribution in [0.2, 0.25) is 0 Å². The summed E-state index contributed by atoms with van der Waals surface area (Å²) in [6.45, 7) is 0.465. The molecule has 4 rings (SSSR count). The summed E-state index contributed by atoms with van der Waals surface area (Å²) in [7, 11) is 3.10. The lowest BCUT2D eigenvalue weighted by Gasteiger charge is -2.10. The van der Waals surface area contributed by atoms with Gasteiger partial charge in [-0.05, 0) is 24.3 Å². The molecular formula is C23H21N3O4S. The highest BCUT2D eigenvalue weighted by molar-refractivity contribution is 7.99. The van der Waals surface area contributed by atoms with E-state index in [4.69, 9.17) is 13.9 Å². The Morgan fingerprint density at radius 2 is 1.87 bits per heavy atom. The van der Waals surface area contributed by atoms with E-state index in [1.165, 1.54) is 18.9 Å². The van der Waals surface area contributed by atoms with Gasteiger partial charge in [0.25, 0.3) is 0 Å². The zero-order valence-electron chi connectivity index (χ0n) is 17.1. The van der Waals surface area contributed by atoms with E-state index in [9.17, 15) is 4.79 Å². The first-order chi connectivity index (χ1) is 15.2. The molecule has 0 aliphatic carbocycles. The Hall–Kier alpha value is -3.52. The average molecular weight is 436 g/mol. The third kappa shape index (κ3) is 4.64. The number of thioether (sulfide) groups is 1. The normalized spacial score (nSPS) is 10.8. The number of benzene rings is 2. The highest BCUT2D eigenvalue weighted by atomic mass is 32.2. The lowest BCUT2D eigenvalue weighted by atomic mass is 10.1. The first-order valence-corrected chi connectivity index (χ1v) is 10.6. The van der Waals surface area contributed by atoms with Gasteiger partial charge in [-0.25, -0.2) is 0 Å². The quantitative estimate of drug-likeness (QED) is 0.281. The molecule has 0 fully saturated rings. The summed E-state index contributed by atoms with van der Waals surface area (Å²) in [6, 6.07) is 18.7. The minimum Gasteiger partial charge on any atom is -0.497 e. The van der Waals surface area contributed by atoms with Gasteiger partial charge in [-0.1, -0.05) is 42.1 Å². The second-order valence-electron chi connectivity index (χ2n) is 6.62. The fourth-order valence-corrected chi connectivity index (χ4v) is 3.96. The summed E-state index contributed by atoms with van der Waals surface area (Å²) in [6.07, 6.45) is 1.63. The van der Waals surface area contributed by atoms with Crippen molar-refractivity contribution in [3.63, 3.8) is 0 Å². The van der Waals surface area contributed by atoms with E-state index in [0.717, 1.165) is 11.3 Å². The van der Waals surface area contributed by atoms with Gasteiger partial charge in [-0.15, -0.1) is 10.2 Å². The second kappa shape index (κ2) is 9.53. The topological polar surface area (TPSA) is 79.4 Å². The molecule has 158 valence electrons. The Morgan fingerprint density at radius 1 is 1.03 bits per heavy atom. The molecule has 0 amide bonds. The van der Waals surface area contributed by atoms with Crippen molar-refractivity contribution in [1.29, 1.82) is 0 Å². The van der Waals surface area contributed by atoms with Gasteiger partial charge in [-0.2, -0.15) is 0 Å². The first-order valence-electron chi connectivity index (χ1n) is 9.58. The van der Waals surface area contributed by atoms with Crippen LogP contribution in [0.5, 0.6) is 11.5 Å². The number of nitrogens with zero attached hydrogens (tertiary/aromatic N) is 3. The molecule has 2 aromatic carbocycles. The predicted octanol–water partition coefficient (Wildman–Crippen LogP) is 4.58. The summed E-state index contributed by atoms with van der Waals surface area (Å²) in [5, 5.41) is 9.35. The summed E-state index contributed by atoms with van der Waals surface area (Å²) in [4.78, 5) is 12.9. The molecule has 2 aromatic heterocycles. The number of ether oxygens (including phenoxy) is 2. The lowest BCUT2D eigenvalue weighted by molar-refractivity contribution is 0.101. The summed E-state index contributed by atoms with van der Waals surface area (Å²) < 4.78 is 18.0. The van der Waals surface area contributed by atoms with Crippen molar-refractivity contribution in [2.45, 2.75) is 11.7 Å². The maximum absolute atomic E-state index is 12.9. The van der Waals surface area contributed by atoms with Crippen LogP contribution in [0.15, 0.2) is 76.5 Å². The molecule has 0 N–H and O–H groups in total. The number of furan rings is 1. The van der Waals surface area contributed by atoms with E-state index in [-0.39, 0.29) is 11.5 Å². The van der Waals surface area contributed by atoms with Crippen molar-refractivity contribution >= 4 is 17.5 Å². The molecule has 7 nitrogen and oxygen atoms in total. The number of carbonyl (C=O) groups is 1. The molecule has 2 heterocycles. The molecule has 0 saturated carbocycles. The van der Waals surface area contributed by atoms with Crippen LogP contribution in [0.1, 0.15) is 16.1 Å². The van der Waals surface area contributed by atoms with E-state index in [0.29, 0.717) is 34.6 Å². The zero-order chi connectivity index (χ0) is 21.6. The number of carbonyl (C=O) groups excluding carboxylic acids is 1. The van der Waals surface area contributed by atoms with Gasteiger partial charge >= 0.3 is 0 Å². The zero-order valence-corrected chi connectivity index (χ0v) is 18.0. The number of rotatable bonds is 9. The van der Waals surface area contributed by atoms with Crippen LogP contribution in [0.4, 0.5) is 0 Å². The largest absolute Gasteiger partial charge is 0.497 e. The van der Waals surface area contributed by atoms with E-state index >= 15 is 0 Å². The molecule has 0 spiro atoms. The second-order valence-corrected chi connectivity index (χ2v) is 7.56. The maximum Gasteiger partial charge on any atom is 0.192 e. The van der Waals surface area contributed by atoms with E-state index in [1.54, 1.807) is 31.6 Å². The van der Waals surface area contributed by atoms with E-state index in [2.05, 4.69) is 10.2 Å². The van der Waals surface area contributed by atoms with Crippen molar-refractivity contribution in [1.82, 2.24) is 14.8 Å². The number of hydrogen-bond donors (Lipinski definition) is 0. The molecule has 0 saturated heterocycles. The van der Waals surface area contributed by atoms with Crippen LogP contribution in [0.3, 0.4) is 0 Å². The minimum absolute atomic E-state index is 0.0710. The van der Waals surface area contributed by atoms with E-state index in [1.807, 2.05) is 47.0 Å². The fraction of sp³-hybridized carbons (Fsp3) is 0.174. The third-order valence-corrected chi connectivity index (χ3v) is 5.65. The Kier molecular flexibility index (Phi) is 6.37. The highest BCUT2D eigenvalue weighted by Crippen LogP contribution is 2.29. The van der Waals surface area contributed by atoms with Crippen LogP contribution >= 0.6 is 11.8 Å². The van der Waals surface area contributed by atoms with Crippen molar-refractivity contribution < 1.29 is 18.7 Å². The van der Waals surface area contributed by atoms with Gasteiger partial charge in [0.1, 0.15) is 17.3 Å². The van der Waals surface area contributed by atoms with Crippen LogP contribution in [0.25, 0.3) is 11.4 Å². The van der Waals surface area contributed by atoms with Crippen LogP contribution in [-0.2, 0) is 6.54 Å². The minimum atomic E-state index is -0.0710. The summed E-state index contributed by atoms with van der Waals surface area (Å²) in [5.41, 5.74) is 1.44. The maximum atomic E-state index is 12.9. The van der Waals surface area contributed by atoms with E-state index < -0.39 is 0 Å². The smallest absolute Gasteiger partial charge is 0.192 e. The van der Waals surface area contributed by atoms with Gasteiger partial charge in [0.05, 0.1) is 38.3 Å². The first kappa shape index (κ1) is 20.7. The number of ketones is 1. The third-order valence-electron chi connectivity index (χ3n) is 4.68. The van der Waals surface area contributed by atoms with Gasteiger partial charge < -0.3 is 13.9 Å². The van der Waals surface area contributed by atoms with Crippen LogP contribution < -0.4 is 9.47 Å². The number of methoxy groups -OCH3 is 2. The Morgan fingerprint density at radius 3 is 2.58 bits per heavy atom. The predicted molar refractivity (Wildman–Crippen MR) is 118 cm³/mol. The van der Waals surface area contributed by atoms with Crippen molar-refractivity contribution in [2.75, 3.05) is 20.0 Å². The fourth-order valence-electron chi connectivity index (χ4n) is 3.13. The lowest BCUT2D eigenvalue weighted by Crippen LogP contribution is -2.08. The van der Waals surface area contributed by atoms with Crippen molar-refractivity contribution in [2.24, 2.45) is 0 Å². The van der Waals surface area contributed by atoms with Crippen LogP contribution in [-0.4, -0.2) is 40.5 Å². The van der Waals surface area contributed by atoms with Crippen molar-refractivity contribution in [3.05, 3.63) is 78.3 Å². The Bertz CT molecular complexity index is 1160. The SMILES string of the molecule is COc1ccc(C(=O)CSc2nnc(-c3ccccc3)n2Cc2ccco2)c(OC)c1. The van der Waals surface area contributed by atoms with Crippen molar-refractivity contribution in [3.8, 4) is 22.9 Å². The molecule has 0 unspecified atom stereocenters. The van der Waals surface area contributed by atoms with Gasteiger partial charge in [0, 0.05) is 11.6 Å². The molecule has 31 heavy (non-hydrogen) atoms. The molecule has 0 atom stereocenters. The standard InChI is InChI=1S/C23H21N3O4S/c1-28-17-10-11-19(21(13-17)29-2)20(27)15-31-23-25-24-22(16-7-4-3-5-8-16)26(23)14-18-9-6-12-30-18/h3-13H,14-15H2,1-2H3. The van der Waals surface area contributed by atoms with Gasteiger partial charge in [0.15, 0.2) is 16.8 Å². The number of aromatic nitrogens is 3. The summed E-state index contributed by atoms with van der Waals surface area (Å²) >= 11 is 1.33. The van der Waals surface area contributed by atoms with Gasteiger partial charge in [0.2, 0.25) is 0 Å². The Labute approximate surface area is 184 Å². The van der Waals surface area contributed by atoms with Gasteiger partial charge in [-0.3, -0.25) is 9.36 Å². The molecule has 0 aliphatic rings. The Balaban J connectivity index is 1.58. The number of Topliss-reactive ketones (excluding diaryl/α,β-unsaturated/α-hetero) is 1. The average Bonchev–Trinajstić information content (AvgIpc) is 3.48.